The molecule has 0 aliphatic carbocycles. The Morgan fingerprint density at radius 1 is 1.14 bits per heavy atom. The maximum Gasteiger partial charge on any atom is 0.329 e. The number of imide groups is 1. The lowest BCUT2D eigenvalue weighted by Gasteiger charge is -2.40. The summed E-state index contributed by atoms with van der Waals surface area (Å²) >= 11 is 0. The minimum Gasteiger partial charge on any atom is -0.480 e. The predicted molar refractivity (Wildman–Crippen MR) is 77.0 cm³/mol. The molecule has 1 aliphatic heterocycles. The number of hydrogen-bond acceptors (Lipinski definition) is 4. The maximum atomic E-state index is 12.3. The first-order valence-corrected chi connectivity index (χ1v) is 6.65. The van der Waals surface area contributed by atoms with Crippen LogP contribution in [0.15, 0.2) is 24.3 Å². The van der Waals surface area contributed by atoms with Crippen LogP contribution in [0, 0.1) is 6.92 Å². The number of aryl methyl sites for hydroxylation is 1. The second kappa shape index (κ2) is 5.20. The highest BCUT2D eigenvalue weighted by molar-refractivity contribution is 6.06. The molecule has 0 bridgehead atoms. The van der Waals surface area contributed by atoms with Crippen molar-refractivity contribution in [2.75, 3.05) is 18.0 Å². The molecule has 112 valence electrons. The van der Waals surface area contributed by atoms with E-state index in [1.165, 1.54) is 13.8 Å². The highest BCUT2D eigenvalue weighted by Gasteiger charge is 2.45. The average molecular weight is 290 g/mol. The Morgan fingerprint density at radius 3 is 2.14 bits per heavy atom. The van der Waals surface area contributed by atoms with Crippen molar-refractivity contribution in [3.63, 3.8) is 0 Å². The molecule has 2 amide bonds. The van der Waals surface area contributed by atoms with Crippen LogP contribution in [0.5, 0.6) is 0 Å². The molecule has 0 unspecified atom stereocenters. The second-order valence-electron chi connectivity index (χ2n) is 5.63. The lowest BCUT2D eigenvalue weighted by molar-refractivity contribution is -0.164. The van der Waals surface area contributed by atoms with Crippen LogP contribution < -0.4 is 4.90 Å². The highest BCUT2D eigenvalue weighted by Crippen LogP contribution is 2.25. The fourth-order valence-corrected chi connectivity index (χ4v) is 2.47. The zero-order chi connectivity index (χ0) is 15.8. The van der Waals surface area contributed by atoms with Gasteiger partial charge in [0.2, 0.25) is 11.8 Å². The van der Waals surface area contributed by atoms with Gasteiger partial charge in [-0.3, -0.25) is 14.5 Å². The van der Waals surface area contributed by atoms with Gasteiger partial charge < -0.3 is 10.0 Å². The lowest BCUT2D eigenvalue weighted by atomic mass is 10.0. The zero-order valence-electron chi connectivity index (χ0n) is 12.3. The standard InChI is InChI=1S/C15H18N2O4/c1-10-6-4-5-7-11(10)16-8-12(18)17(13(19)9-16)15(2,3)14(20)21/h4-7H,8-9H2,1-3H3,(H,20,21). The van der Waals surface area contributed by atoms with Crippen LogP contribution in [-0.2, 0) is 14.4 Å². The SMILES string of the molecule is Cc1ccccc1N1CC(=O)N(C(C)(C)C(=O)O)C(=O)C1. The Bertz CT molecular complexity index is 591. The van der Waals surface area contributed by atoms with Crippen LogP contribution in [0.2, 0.25) is 0 Å². The van der Waals surface area contributed by atoms with Gasteiger partial charge >= 0.3 is 5.97 Å². The number of anilines is 1. The molecule has 1 heterocycles. The summed E-state index contributed by atoms with van der Waals surface area (Å²) in [6, 6.07) is 7.46. The van der Waals surface area contributed by atoms with E-state index in [0.29, 0.717) is 0 Å². The predicted octanol–water partition coefficient (Wildman–Crippen LogP) is 1.03. The van der Waals surface area contributed by atoms with Crippen molar-refractivity contribution < 1.29 is 19.5 Å². The molecule has 1 aliphatic rings. The highest BCUT2D eigenvalue weighted by atomic mass is 16.4. The van der Waals surface area contributed by atoms with Crippen molar-refractivity contribution in [3.8, 4) is 0 Å². The number of carbonyl (C=O) groups is 3. The van der Waals surface area contributed by atoms with E-state index >= 15 is 0 Å². The van der Waals surface area contributed by atoms with E-state index in [1.807, 2.05) is 31.2 Å². The van der Waals surface area contributed by atoms with Gasteiger partial charge in [-0.05, 0) is 32.4 Å². The van der Waals surface area contributed by atoms with Crippen LogP contribution in [-0.4, -0.2) is 46.4 Å². The van der Waals surface area contributed by atoms with Crippen LogP contribution in [0.3, 0.4) is 0 Å². The van der Waals surface area contributed by atoms with E-state index in [0.717, 1.165) is 16.2 Å². The molecule has 0 radical (unpaired) electrons. The summed E-state index contributed by atoms with van der Waals surface area (Å²) in [5.41, 5.74) is 0.238. The Hall–Kier alpha value is -2.37. The van der Waals surface area contributed by atoms with Crippen molar-refractivity contribution in [2.24, 2.45) is 0 Å². The van der Waals surface area contributed by atoms with Crippen molar-refractivity contribution in [2.45, 2.75) is 26.3 Å². The normalized spacial score (nSPS) is 16.3. The molecule has 6 nitrogen and oxygen atoms in total. The summed E-state index contributed by atoms with van der Waals surface area (Å²) < 4.78 is 0. The summed E-state index contributed by atoms with van der Waals surface area (Å²) in [5, 5.41) is 9.20. The van der Waals surface area contributed by atoms with E-state index in [-0.39, 0.29) is 13.1 Å². The first kappa shape index (κ1) is 15.0. The Balaban J connectivity index is 2.28. The van der Waals surface area contributed by atoms with Crippen molar-refractivity contribution in [3.05, 3.63) is 29.8 Å². The van der Waals surface area contributed by atoms with E-state index in [9.17, 15) is 19.5 Å². The molecule has 1 N–H and O–H groups in total. The van der Waals surface area contributed by atoms with Crippen LogP contribution in [0.25, 0.3) is 0 Å². The number of hydrogen-bond donors (Lipinski definition) is 1. The number of benzene rings is 1. The molecule has 0 aromatic heterocycles. The zero-order valence-corrected chi connectivity index (χ0v) is 12.3. The molecular weight excluding hydrogens is 272 g/mol. The Kier molecular flexibility index (Phi) is 3.72. The molecule has 21 heavy (non-hydrogen) atoms. The van der Waals surface area contributed by atoms with Crippen LogP contribution >= 0.6 is 0 Å². The van der Waals surface area contributed by atoms with Gasteiger partial charge in [-0.1, -0.05) is 18.2 Å². The fraction of sp³-hybridized carbons (Fsp3) is 0.400. The van der Waals surface area contributed by atoms with E-state index in [4.69, 9.17) is 0 Å². The largest absolute Gasteiger partial charge is 0.480 e. The quantitative estimate of drug-likeness (QED) is 0.841. The topological polar surface area (TPSA) is 77.9 Å². The molecule has 0 spiro atoms. The minimum absolute atomic E-state index is 0.00664. The third kappa shape index (κ3) is 2.61. The first-order chi connectivity index (χ1) is 9.75. The van der Waals surface area contributed by atoms with E-state index in [1.54, 1.807) is 4.90 Å². The number of rotatable bonds is 3. The fourth-order valence-electron chi connectivity index (χ4n) is 2.47. The summed E-state index contributed by atoms with van der Waals surface area (Å²) in [6.45, 7) is 4.60. The summed E-state index contributed by atoms with van der Waals surface area (Å²) in [5.74, 6) is -2.20. The van der Waals surface area contributed by atoms with Gasteiger partial charge in [0.1, 0.15) is 5.54 Å². The summed E-state index contributed by atoms with van der Waals surface area (Å²) in [7, 11) is 0. The van der Waals surface area contributed by atoms with Crippen LogP contribution in [0.1, 0.15) is 19.4 Å². The van der Waals surface area contributed by atoms with Gasteiger partial charge in [0, 0.05) is 5.69 Å². The van der Waals surface area contributed by atoms with Gasteiger partial charge in [0.05, 0.1) is 13.1 Å². The number of carboxylic acids is 1. The number of carboxylic acid groups (broad SMARTS) is 1. The minimum atomic E-state index is -1.54. The number of carbonyl (C=O) groups excluding carboxylic acids is 2. The number of nitrogens with zero attached hydrogens (tertiary/aromatic N) is 2. The van der Waals surface area contributed by atoms with Gasteiger partial charge in [0.15, 0.2) is 0 Å². The van der Waals surface area contributed by atoms with Crippen molar-refractivity contribution in [1.82, 2.24) is 4.90 Å². The average Bonchev–Trinajstić information content (AvgIpc) is 2.37. The van der Waals surface area contributed by atoms with Gasteiger partial charge in [-0.2, -0.15) is 0 Å². The number of piperazine rings is 1. The van der Waals surface area contributed by atoms with Crippen LogP contribution in [0.4, 0.5) is 5.69 Å². The monoisotopic (exact) mass is 290 g/mol. The first-order valence-electron chi connectivity index (χ1n) is 6.65. The molecule has 1 saturated heterocycles. The molecule has 2 rings (SSSR count). The molecule has 1 fully saturated rings. The second-order valence-corrected chi connectivity index (χ2v) is 5.63. The molecule has 0 saturated carbocycles. The van der Waals surface area contributed by atoms with Gasteiger partial charge in [-0.15, -0.1) is 0 Å². The van der Waals surface area contributed by atoms with Crippen molar-refractivity contribution in [1.29, 1.82) is 0 Å². The molecule has 0 atom stereocenters. The summed E-state index contributed by atoms with van der Waals surface area (Å²) in [4.78, 5) is 38.3. The third-order valence-electron chi connectivity index (χ3n) is 3.69. The Morgan fingerprint density at radius 2 is 1.67 bits per heavy atom. The number of aliphatic carboxylic acids is 1. The van der Waals surface area contributed by atoms with E-state index < -0.39 is 23.3 Å². The number of amides is 2. The van der Waals surface area contributed by atoms with Gasteiger partial charge in [0.25, 0.3) is 0 Å². The van der Waals surface area contributed by atoms with E-state index in [2.05, 4.69) is 0 Å². The van der Waals surface area contributed by atoms with Gasteiger partial charge in [-0.25, -0.2) is 4.79 Å². The lowest BCUT2D eigenvalue weighted by Crippen LogP contribution is -2.63. The smallest absolute Gasteiger partial charge is 0.329 e. The molecule has 1 aromatic carbocycles. The Labute approximate surface area is 123 Å². The molecular formula is C15H18N2O4. The number of para-hydroxylation sites is 1. The maximum absolute atomic E-state index is 12.3. The molecule has 6 heteroatoms. The van der Waals surface area contributed by atoms with Crippen molar-refractivity contribution >= 4 is 23.5 Å². The third-order valence-corrected chi connectivity index (χ3v) is 3.69. The molecule has 1 aromatic rings. The summed E-state index contributed by atoms with van der Waals surface area (Å²) in [6.07, 6.45) is 0.